The van der Waals surface area contributed by atoms with Crippen LogP contribution in [0.2, 0.25) is 0 Å². The molecule has 5 heteroatoms. The van der Waals surface area contributed by atoms with Gasteiger partial charge in [-0.15, -0.1) is 0 Å². The Morgan fingerprint density at radius 1 is 1.07 bits per heavy atom. The maximum Gasteiger partial charge on any atom is 0.181 e. The van der Waals surface area contributed by atoms with Crippen molar-refractivity contribution in [2.75, 3.05) is 0 Å². The molecule has 29 heavy (non-hydrogen) atoms. The molecule has 142 valence electrons. The van der Waals surface area contributed by atoms with Gasteiger partial charge in [-0.1, -0.05) is 36.4 Å². The first-order valence-corrected chi connectivity index (χ1v) is 10.0. The fourth-order valence-electron chi connectivity index (χ4n) is 4.25. The van der Waals surface area contributed by atoms with Gasteiger partial charge in [0.1, 0.15) is 12.0 Å². The number of hydrogen-bond donors (Lipinski definition) is 0. The third kappa shape index (κ3) is 2.65. The van der Waals surface area contributed by atoms with E-state index in [4.69, 9.17) is 9.41 Å². The quantitative estimate of drug-likeness (QED) is 0.483. The number of hydrogen-bond acceptors (Lipinski definition) is 4. The van der Waals surface area contributed by atoms with Crippen LogP contribution in [-0.4, -0.2) is 20.2 Å². The van der Waals surface area contributed by atoms with Crippen LogP contribution in [0.15, 0.2) is 76.9 Å². The molecular weight excluding hydrogens is 360 g/mol. The van der Waals surface area contributed by atoms with Crippen LogP contribution in [0, 0.1) is 0 Å². The number of nitrogens with zero attached hydrogens (tertiary/aromatic N) is 4. The number of aliphatic imine (C=N–C) groups is 1. The number of oxazole rings is 1. The molecule has 3 heterocycles. The first kappa shape index (κ1) is 16.5. The number of rotatable bonds is 3. The molecule has 0 radical (unpaired) electrons. The first-order chi connectivity index (χ1) is 14.3. The summed E-state index contributed by atoms with van der Waals surface area (Å²) in [5.74, 6) is 1.35. The van der Waals surface area contributed by atoms with E-state index in [0.717, 1.165) is 33.9 Å². The molecule has 2 aromatic heterocycles. The van der Waals surface area contributed by atoms with E-state index < -0.39 is 0 Å². The highest BCUT2D eigenvalue weighted by Gasteiger charge is 2.30. The molecule has 1 aliphatic heterocycles. The van der Waals surface area contributed by atoms with Crippen molar-refractivity contribution in [1.29, 1.82) is 0 Å². The third-order valence-electron chi connectivity index (χ3n) is 5.82. The van der Waals surface area contributed by atoms with Gasteiger partial charge in [-0.3, -0.25) is 9.56 Å². The van der Waals surface area contributed by atoms with E-state index in [1.807, 2.05) is 12.4 Å². The predicted octanol–water partition coefficient (Wildman–Crippen LogP) is 5.32. The second-order valence-corrected chi connectivity index (χ2v) is 7.78. The Kier molecular flexibility index (Phi) is 3.57. The molecule has 0 N–H and O–H groups in total. The van der Waals surface area contributed by atoms with Gasteiger partial charge in [0.15, 0.2) is 12.2 Å². The van der Waals surface area contributed by atoms with Gasteiger partial charge in [-0.25, -0.2) is 9.97 Å². The average molecular weight is 380 g/mol. The predicted molar refractivity (Wildman–Crippen MR) is 112 cm³/mol. The van der Waals surface area contributed by atoms with Crippen molar-refractivity contribution in [3.8, 4) is 17.1 Å². The Morgan fingerprint density at radius 3 is 2.69 bits per heavy atom. The smallest absolute Gasteiger partial charge is 0.181 e. The van der Waals surface area contributed by atoms with Crippen molar-refractivity contribution in [3.05, 3.63) is 89.8 Å². The van der Waals surface area contributed by atoms with E-state index in [0.29, 0.717) is 11.7 Å². The largest absolute Gasteiger partial charge is 0.442 e. The maximum absolute atomic E-state index is 5.56. The van der Waals surface area contributed by atoms with Gasteiger partial charge in [-0.05, 0) is 43.4 Å². The zero-order valence-electron chi connectivity index (χ0n) is 16.1. The van der Waals surface area contributed by atoms with Crippen LogP contribution in [0.3, 0.4) is 0 Å². The fraction of sp³-hybridized carbons (Fsp3) is 0.208. The van der Waals surface area contributed by atoms with Crippen LogP contribution in [0.5, 0.6) is 0 Å². The minimum absolute atomic E-state index is 0.0791. The lowest BCUT2D eigenvalue weighted by atomic mass is 9.97. The summed E-state index contributed by atoms with van der Waals surface area (Å²) in [4.78, 5) is 13.9. The van der Waals surface area contributed by atoms with Crippen LogP contribution >= 0.6 is 0 Å². The Labute approximate surface area is 168 Å². The normalized spacial score (nSPS) is 18.0. The topological polar surface area (TPSA) is 56.2 Å². The summed E-state index contributed by atoms with van der Waals surface area (Å²) < 4.78 is 7.72. The number of fused-ring (bicyclic) bond motifs is 3. The van der Waals surface area contributed by atoms with Gasteiger partial charge in [0.05, 0.1) is 29.3 Å². The van der Waals surface area contributed by atoms with Gasteiger partial charge < -0.3 is 4.42 Å². The summed E-state index contributed by atoms with van der Waals surface area (Å²) in [6.45, 7) is 2.12. The Morgan fingerprint density at radius 2 is 1.93 bits per heavy atom. The third-order valence-corrected chi connectivity index (χ3v) is 5.82. The van der Waals surface area contributed by atoms with Crippen LogP contribution in [0.4, 0.5) is 0 Å². The average Bonchev–Trinajstić information content (AvgIpc) is 3.31. The molecule has 2 aromatic carbocycles. The van der Waals surface area contributed by atoms with Crippen LogP contribution < -0.4 is 0 Å². The lowest BCUT2D eigenvalue weighted by Crippen LogP contribution is -2.07. The highest BCUT2D eigenvalue weighted by atomic mass is 16.3. The van der Waals surface area contributed by atoms with Crippen LogP contribution in [0.1, 0.15) is 54.1 Å². The Hall–Kier alpha value is -3.47. The van der Waals surface area contributed by atoms with Crippen molar-refractivity contribution in [2.45, 2.75) is 31.7 Å². The van der Waals surface area contributed by atoms with Gasteiger partial charge in [0.2, 0.25) is 0 Å². The molecule has 1 aliphatic carbocycles. The Bertz CT molecular complexity index is 1220. The number of imidazole rings is 1. The summed E-state index contributed by atoms with van der Waals surface area (Å²) in [6, 6.07) is 17.2. The van der Waals surface area contributed by atoms with Crippen LogP contribution in [0.25, 0.3) is 17.1 Å². The minimum Gasteiger partial charge on any atom is -0.442 e. The van der Waals surface area contributed by atoms with E-state index in [2.05, 4.69) is 63.9 Å². The molecule has 1 fully saturated rings. The molecule has 5 nitrogen and oxygen atoms in total. The second kappa shape index (κ2) is 6.27. The summed E-state index contributed by atoms with van der Waals surface area (Å²) in [5.41, 5.74) is 7.65. The van der Waals surface area contributed by atoms with E-state index in [1.165, 1.54) is 24.8 Å². The van der Waals surface area contributed by atoms with Gasteiger partial charge >= 0.3 is 0 Å². The van der Waals surface area contributed by atoms with Gasteiger partial charge in [0, 0.05) is 11.1 Å². The van der Waals surface area contributed by atoms with Gasteiger partial charge in [0.25, 0.3) is 0 Å². The molecule has 0 amide bonds. The van der Waals surface area contributed by atoms with E-state index in [-0.39, 0.29) is 6.04 Å². The molecule has 4 aromatic rings. The van der Waals surface area contributed by atoms with Crippen molar-refractivity contribution in [3.63, 3.8) is 0 Å². The summed E-state index contributed by atoms with van der Waals surface area (Å²) in [7, 11) is 0. The molecule has 0 spiro atoms. The molecular formula is C24H20N4O. The summed E-state index contributed by atoms with van der Waals surface area (Å²) in [6.07, 6.45) is 7.58. The molecule has 0 unspecified atom stereocenters. The van der Waals surface area contributed by atoms with Crippen molar-refractivity contribution in [1.82, 2.24) is 14.5 Å². The first-order valence-electron chi connectivity index (χ1n) is 10.0. The van der Waals surface area contributed by atoms with Crippen molar-refractivity contribution >= 4 is 5.71 Å². The molecule has 1 saturated carbocycles. The SMILES string of the molecule is C[C@@H]1N=C(c2ccccc2)c2cc(C3CC3)ccc2-n2cnc(-c3cnco3)c21. The highest BCUT2D eigenvalue weighted by molar-refractivity contribution is 6.15. The molecule has 6 rings (SSSR count). The maximum atomic E-state index is 5.56. The zero-order chi connectivity index (χ0) is 19.4. The lowest BCUT2D eigenvalue weighted by molar-refractivity contribution is 0.568. The van der Waals surface area contributed by atoms with E-state index in [1.54, 1.807) is 6.20 Å². The molecule has 0 bridgehead atoms. The lowest BCUT2D eigenvalue weighted by Gasteiger charge is -2.13. The fourth-order valence-corrected chi connectivity index (χ4v) is 4.25. The summed E-state index contributed by atoms with van der Waals surface area (Å²) in [5, 5.41) is 0. The molecule has 0 saturated heterocycles. The zero-order valence-corrected chi connectivity index (χ0v) is 16.1. The van der Waals surface area contributed by atoms with Crippen molar-refractivity contribution in [2.24, 2.45) is 4.99 Å². The van der Waals surface area contributed by atoms with Crippen molar-refractivity contribution < 1.29 is 4.42 Å². The number of aromatic nitrogens is 3. The standard InChI is InChI=1S/C24H20N4O/c1-15-24-23(21-12-25-14-29-21)26-13-28(24)20-10-9-18(16-7-8-16)11-19(20)22(27-15)17-5-3-2-4-6-17/h2-6,9-16H,7-8H2,1H3/t15-/m0/s1. The minimum atomic E-state index is -0.0791. The second-order valence-electron chi connectivity index (χ2n) is 7.78. The molecule has 1 atom stereocenters. The molecule has 2 aliphatic rings. The van der Waals surface area contributed by atoms with Gasteiger partial charge in [-0.2, -0.15) is 0 Å². The monoisotopic (exact) mass is 380 g/mol. The van der Waals surface area contributed by atoms with E-state index in [9.17, 15) is 0 Å². The summed E-state index contributed by atoms with van der Waals surface area (Å²) >= 11 is 0. The highest BCUT2D eigenvalue weighted by Crippen LogP contribution is 2.42. The number of benzene rings is 2. The Balaban J connectivity index is 1.62. The van der Waals surface area contributed by atoms with Crippen LogP contribution in [-0.2, 0) is 0 Å². The van der Waals surface area contributed by atoms with E-state index >= 15 is 0 Å².